The molecular formula is C28H19NS. The van der Waals surface area contributed by atoms with Gasteiger partial charge in [0.2, 0.25) is 0 Å². The van der Waals surface area contributed by atoms with Crippen molar-refractivity contribution in [1.82, 2.24) is 4.98 Å². The minimum atomic E-state index is -1.59. The Bertz CT molecular complexity index is 1600. The van der Waals surface area contributed by atoms with Crippen LogP contribution in [0.25, 0.3) is 42.2 Å². The molecule has 6 rings (SSSR count). The van der Waals surface area contributed by atoms with Crippen LogP contribution in [0.4, 0.5) is 0 Å². The Hall–Kier alpha value is -3.49. The lowest BCUT2D eigenvalue weighted by atomic mass is 10.0. The molecule has 0 saturated carbocycles. The fourth-order valence-electron chi connectivity index (χ4n) is 3.98. The van der Waals surface area contributed by atoms with Gasteiger partial charge in [-0.3, -0.25) is 4.98 Å². The molecule has 0 amide bonds. The van der Waals surface area contributed by atoms with Gasteiger partial charge in [0.25, 0.3) is 0 Å². The van der Waals surface area contributed by atoms with Crippen LogP contribution < -0.4 is 0 Å². The first-order valence-corrected chi connectivity index (χ1v) is 10.8. The number of nitrogens with zero attached hydrogens (tertiary/aromatic N) is 1. The van der Waals surface area contributed by atoms with Crippen LogP contribution in [-0.4, -0.2) is 4.98 Å². The number of thiophene rings is 1. The Labute approximate surface area is 182 Å². The molecule has 0 N–H and O–H groups in total. The van der Waals surface area contributed by atoms with Gasteiger partial charge in [-0.25, -0.2) is 0 Å². The summed E-state index contributed by atoms with van der Waals surface area (Å²) in [4.78, 5) is 4.57. The first kappa shape index (κ1) is 15.4. The lowest BCUT2D eigenvalue weighted by Crippen LogP contribution is -1.90. The van der Waals surface area contributed by atoms with Crippen LogP contribution in [0.1, 0.15) is 13.9 Å². The van der Waals surface area contributed by atoms with Crippen LogP contribution in [0, 0.1) is 0 Å². The second-order valence-electron chi connectivity index (χ2n) is 7.43. The van der Waals surface area contributed by atoms with Gasteiger partial charge in [-0.1, -0.05) is 60.7 Å². The van der Waals surface area contributed by atoms with Crippen molar-refractivity contribution in [2.24, 2.45) is 0 Å². The molecule has 0 aliphatic heterocycles. The molecule has 0 saturated heterocycles. The molecule has 30 heavy (non-hydrogen) atoms. The maximum Gasteiger partial charge on any atom is 0.0705 e. The summed E-state index contributed by atoms with van der Waals surface area (Å²) in [5.41, 5.74) is 3.03. The number of fused-ring (bicyclic) bond motifs is 4. The van der Waals surface area contributed by atoms with Crippen LogP contribution in [0.5, 0.6) is 0 Å². The highest BCUT2D eigenvalue weighted by atomic mass is 32.1. The molecule has 2 heteroatoms. The van der Waals surface area contributed by atoms with Crippen LogP contribution in [0.15, 0.2) is 103 Å². The Kier molecular flexibility index (Phi) is 3.63. The fourth-order valence-corrected chi connectivity index (χ4v) is 5.09. The quantitative estimate of drug-likeness (QED) is 0.293. The second kappa shape index (κ2) is 7.08. The van der Waals surface area contributed by atoms with E-state index in [2.05, 4.69) is 59.6 Å². The lowest BCUT2D eigenvalue weighted by molar-refractivity contribution is 1.16. The summed E-state index contributed by atoms with van der Waals surface area (Å²) in [5.74, 6) is 0. The molecule has 0 unspecified atom stereocenters. The zero-order chi connectivity index (χ0) is 21.7. The largest absolute Gasteiger partial charge is 0.256 e. The second-order valence-corrected chi connectivity index (χ2v) is 8.51. The van der Waals surface area contributed by atoms with Gasteiger partial charge in [0.1, 0.15) is 0 Å². The van der Waals surface area contributed by atoms with Crippen LogP contribution >= 0.6 is 11.3 Å². The van der Waals surface area contributed by atoms with Crippen molar-refractivity contribution in [3.63, 3.8) is 0 Å². The standard InChI is InChI=1S/C28H19NS/c1-2-6-19(7-3-1)14-20-12-13-29-26(15-20)23-10-11-27-24(17-23)25-16-21-8-4-5-9-22(21)18-28(25)30-27/h1-13,15-18H,14H2/i14D2. The molecule has 0 aliphatic rings. The maximum absolute atomic E-state index is 8.70. The summed E-state index contributed by atoms with van der Waals surface area (Å²) >= 11 is 1.80. The molecule has 0 fully saturated rings. The number of rotatable bonds is 3. The highest BCUT2D eigenvalue weighted by molar-refractivity contribution is 7.25. The predicted octanol–water partition coefficient (Wildman–Crippen LogP) is 7.86. The Morgan fingerprint density at radius 2 is 1.43 bits per heavy atom. The predicted molar refractivity (Wildman–Crippen MR) is 129 cm³/mol. The smallest absolute Gasteiger partial charge is 0.0705 e. The Balaban J connectivity index is 1.49. The van der Waals surface area contributed by atoms with Gasteiger partial charge in [-0.05, 0) is 64.7 Å². The SMILES string of the molecule is [2H]C([2H])(c1ccccc1)c1ccnc(-c2ccc3sc4cc5ccccc5cc4c3c2)c1. The van der Waals surface area contributed by atoms with Crippen molar-refractivity contribution in [3.05, 3.63) is 114 Å². The van der Waals surface area contributed by atoms with E-state index < -0.39 is 6.37 Å². The van der Waals surface area contributed by atoms with Crippen molar-refractivity contribution in [1.29, 1.82) is 0 Å². The average molecular weight is 404 g/mol. The summed E-state index contributed by atoms with van der Waals surface area (Å²) < 4.78 is 19.9. The number of hydrogen-bond acceptors (Lipinski definition) is 2. The molecule has 0 aliphatic carbocycles. The third kappa shape index (κ3) is 3.06. The summed E-state index contributed by atoms with van der Waals surface area (Å²) in [6.45, 7) is 0. The highest BCUT2D eigenvalue weighted by Gasteiger charge is 2.09. The summed E-state index contributed by atoms with van der Waals surface area (Å²) in [6.07, 6.45) is 0.117. The number of aromatic nitrogens is 1. The van der Waals surface area contributed by atoms with Gasteiger partial charge in [0.15, 0.2) is 0 Å². The molecule has 2 heterocycles. The van der Waals surface area contributed by atoms with Gasteiger partial charge >= 0.3 is 0 Å². The van der Waals surface area contributed by atoms with Crippen molar-refractivity contribution < 1.29 is 2.74 Å². The minimum absolute atomic E-state index is 0.606. The third-order valence-electron chi connectivity index (χ3n) is 5.46. The van der Waals surface area contributed by atoms with E-state index in [4.69, 9.17) is 2.74 Å². The minimum Gasteiger partial charge on any atom is -0.256 e. The Morgan fingerprint density at radius 1 is 0.667 bits per heavy atom. The number of hydrogen-bond donors (Lipinski definition) is 0. The molecule has 0 atom stereocenters. The van der Waals surface area contributed by atoms with E-state index in [0.717, 1.165) is 11.3 Å². The molecule has 0 bridgehead atoms. The molecule has 1 nitrogen and oxygen atoms in total. The fraction of sp³-hybridized carbons (Fsp3) is 0.0357. The van der Waals surface area contributed by atoms with Gasteiger partial charge in [-0.2, -0.15) is 0 Å². The monoisotopic (exact) mass is 403 g/mol. The van der Waals surface area contributed by atoms with E-state index in [1.165, 1.54) is 30.9 Å². The van der Waals surface area contributed by atoms with Crippen molar-refractivity contribution in [2.45, 2.75) is 6.37 Å². The van der Waals surface area contributed by atoms with Gasteiger partial charge in [-0.15, -0.1) is 11.3 Å². The third-order valence-corrected chi connectivity index (χ3v) is 6.59. The average Bonchev–Trinajstić information content (AvgIpc) is 3.20. The summed E-state index contributed by atoms with van der Waals surface area (Å²) in [5, 5.41) is 4.96. The van der Waals surface area contributed by atoms with Crippen LogP contribution in [-0.2, 0) is 6.37 Å². The molecule has 2 aromatic heterocycles. The molecule has 6 aromatic rings. The molecule has 0 spiro atoms. The number of pyridine rings is 1. The van der Waals surface area contributed by atoms with E-state index in [0.29, 0.717) is 11.1 Å². The molecule has 0 radical (unpaired) electrons. The van der Waals surface area contributed by atoms with E-state index in [9.17, 15) is 0 Å². The molecule has 4 aromatic carbocycles. The topological polar surface area (TPSA) is 12.9 Å². The maximum atomic E-state index is 8.70. The zero-order valence-corrected chi connectivity index (χ0v) is 17.0. The van der Waals surface area contributed by atoms with E-state index in [-0.39, 0.29) is 0 Å². The summed E-state index contributed by atoms with van der Waals surface area (Å²) in [7, 11) is 0. The first-order chi connectivity index (χ1) is 15.6. The highest BCUT2D eigenvalue weighted by Crippen LogP contribution is 2.38. The molecule has 142 valence electrons. The lowest BCUT2D eigenvalue weighted by Gasteiger charge is -2.06. The van der Waals surface area contributed by atoms with E-state index >= 15 is 0 Å². The van der Waals surface area contributed by atoms with Gasteiger partial charge in [0.05, 0.1) is 5.69 Å². The van der Waals surface area contributed by atoms with Crippen molar-refractivity contribution >= 4 is 42.3 Å². The van der Waals surface area contributed by atoms with E-state index in [1.807, 2.05) is 36.4 Å². The van der Waals surface area contributed by atoms with Crippen LogP contribution in [0.3, 0.4) is 0 Å². The van der Waals surface area contributed by atoms with Gasteiger partial charge < -0.3 is 0 Å². The zero-order valence-electron chi connectivity index (χ0n) is 18.2. The first-order valence-electron chi connectivity index (χ1n) is 11.0. The Morgan fingerprint density at radius 3 is 2.30 bits per heavy atom. The summed E-state index contributed by atoms with van der Waals surface area (Å²) in [6, 6.07) is 32.4. The van der Waals surface area contributed by atoms with Gasteiger partial charge in [0, 0.05) is 34.7 Å². The molecular weight excluding hydrogens is 382 g/mol. The van der Waals surface area contributed by atoms with Crippen LogP contribution in [0.2, 0.25) is 0 Å². The van der Waals surface area contributed by atoms with Crippen molar-refractivity contribution in [2.75, 3.05) is 0 Å². The normalized spacial score (nSPS) is 12.9. The van der Waals surface area contributed by atoms with Crippen molar-refractivity contribution in [3.8, 4) is 11.3 Å². The number of benzene rings is 4. The van der Waals surface area contributed by atoms with E-state index in [1.54, 1.807) is 23.6 Å².